The fourth-order valence-corrected chi connectivity index (χ4v) is 1.50. The van der Waals surface area contributed by atoms with Crippen LogP contribution in [0.3, 0.4) is 0 Å². The van der Waals surface area contributed by atoms with Crippen LogP contribution in [0.4, 0.5) is 0 Å². The minimum absolute atomic E-state index is 0.293. The highest BCUT2D eigenvalue weighted by Crippen LogP contribution is 2.31. The number of esters is 1. The topological polar surface area (TPSA) is 65.7 Å². The summed E-state index contributed by atoms with van der Waals surface area (Å²) in [5, 5.41) is 1.32. The molecule has 1 aromatic heterocycles. The number of fused-ring (bicyclic) bond motifs is 1. The minimum atomic E-state index is -0.445. The summed E-state index contributed by atoms with van der Waals surface area (Å²) in [6.07, 6.45) is 1.31. The van der Waals surface area contributed by atoms with Crippen LogP contribution in [-0.4, -0.2) is 13.1 Å². The van der Waals surface area contributed by atoms with Crippen LogP contribution in [-0.2, 0) is 4.79 Å². The van der Waals surface area contributed by atoms with Gasteiger partial charge in [-0.15, -0.1) is 0 Å². The number of hydrogen-bond acceptors (Lipinski definition) is 5. The SMILES string of the molecule is COc1cc2cc(=O)occ2cc1OC(C)=O. The molecule has 0 N–H and O–H groups in total. The first-order valence-electron chi connectivity index (χ1n) is 4.89. The van der Waals surface area contributed by atoms with Gasteiger partial charge in [-0.25, -0.2) is 4.79 Å². The Morgan fingerprint density at radius 3 is 2.53 bits per heavy atom. The summed E-state index contributed by atoms with van der Waals surface area (Å²) >= 11 is 0. The number of benzene rings is 1. The van der Waals surface area contributed by atoms with Crippen molar-refractivity contribution in [3.8, 4) is 11.5 Å². The van der Waals surface area contributed by atoms with E-state index < -0.39 is 11.6 Å². The summed E-state index contributed by atoms with van der Waals surface area (Å²) in [5.41, 5.74) is -0.445. The van der Waals surface area contributed by atoms with Gasteiger partial charge in [-0.3, -0.25) is 4.79 Å². The smallest absolute Gasteiger partial charge is 0.336 e. The van der Waals surface area contributed by atoms with Gasteiger partial charge in [0.1, 0.15) is 6.26 Å². The molecule has 0 bridgehead atoms. The Kier molecular flexibility index (Phi) is 2.82. The van der Waals surface area contributed by atoms with Gasteiger partial charge in [0.2, 0.25) is 0 Å². The van der Waals surface area contributed by atoms with Crippen molar-refractivity contribution in [2.45, 2.75) is 6.92 Å². The Labute approximate surface area is 96.6 Å². The van der Waals surface area contributed by atoms with Gasteiger partial charge in [-0.2, -0.15) is 0 Å². The van der Waals surface area contributed by atoms with E-state index in [0.29, 0.717) is 22.3 Å². The molecule has 2 aromatic rings. The number of rotatable bonds is 2. The average molecular weight is 234 g/mol. The first-order chi connectivity index (χ1) is 8.10. The van der Waals surface area contributed by atoms with Crippen molar-refractivity contribution >= 4 is 16.7 Å². The highest BCUT2D eigenvalue weighted by Gasteiger charge is 2.09. The lowest BCUT2D eigenvalue weighted by Crippen LogP contribution is -2.03. The van der Waals surface area contributed by atoms with Crippen molar-refractivity contribution in [3.63, 3.8) is 0 Å². The normalized spacial score (nSPS) is 10.2. The molecule has 5 heteroatoms. The molecular formula is C12H10O5. The Balaban J connectivity index is 2.64. The molecule has 5 nitrogen and oxygen atoms in total. The van der Waals surface area contributed by atoms with Crippen LogP contribution in [0, 0.1) is 0 Å². The van der Waals surface area contributed by atoms with Crippen molar-refractivity contribution in [2.24, 2.45) is 0 Å². The number of carbonyl (C=O) groups excluding carboxylic acids is 1. The van der Waals surface area contributed by atoms with E-state index in [2.05, 4.69) is 0 Å². The predicted octanol–water partition coefficient (Wildman–Crippen LogP) is 1.73. The van der Waals surface area contributed by atoms with Gasteiger partial charge in [0.25, 0.3) is 0 Å². The van der Waals surface area contributed by atoms with E-state index in [-0.39, 0.29) is 0 Å². The largest absolute Gasteiger partial charge is 0.493 e. The van der Waals surface area contributed by atoms with Crippen LogP contribution in [0.5, 0.6) is 11.5 Å². The van der Waals surface area contributed by atoms with Gasteiger partial charge in [0, 0.05) is 18.4 Å². The first-order valence-corrected chi connectivity index (χ1v) is 4.89. The maximum atomic E-state index is 11.1. The molecule has 0 radical (unpaired) electrons. The number of carbonyl (C=O) groups is 1. The van der Waals surface area contributed by atoms with Gasteiger partial charge < -0.3 is 13.9 Å². The maximum absolute atomic E-state index is 11.1. The van der Waals surface area contributed by atoms with Crippen LogP contribution in [0.15, 0.2) is 33.7 Å². The molecule has 2 rings (SSSR count). The van der Waals surface area contributed by atoms with Gasteiger partial charge in [0.15, 0.2) is 11.5 Å². The zero-order chi connectivity index (χ0) is 12.4. The number of hydrogen-bond donors (Lipinski definition) is 0. The molecule has 1 heterocycles. The summed E-state index contributed by atoms with van der Waals surface area (Å²) in [4.78, 5) is 22.0. The fourth-order valence-electron chi connectivity index (χ4n) is 1.50. The van der Waals surface area contributed by atoms with Crippen molar-refractivity contribution in [1.29, 1.82) is 0 Å². The molecule has 17 heavy (non-hydrogen) atoms. The van der Waals surface area contributed by atoms with Gasteiger partial charge in [0.05, 0.1) is 7.11 Å². The van der Waals surface area contributed by atoms with E-state index in [4.69, 9.17) is 13.9 Å². The second-order valence-electron chi connectivity index (χ2n) is 3.42. The van der Waals surface area contributed by atoms with E-state index >= 15 is 0 Å². The molecule has 1 aromatic carbocycles. The molecule has 88 valence electrons. The summed E-state index contributed by atoms with van der Waals surface area (Å²) in [6, 6.07) is 4.54. The Morgan fingerprint density at radius 2 is 1.88 bits per heavy atom. The van der Waals surface area contributed by atoms with Crippen LogP contribution >= 0.6 is 0 Å². The highest BCUT2D eigenvalue weighted by atomic mass is 16.6. The zero-order valence-corrected chi connectivity index (χ0v) is 9.35. The van der Waals surface area contributed by atoms with Crippen molar-refractivity contribution in [3.05, 3.63) is 34.9 Å². The standard InChI is InChI=1S/C12H10O5/c1-7(13)17-11-4-9-6-16-12(14)5-8(9)3-10(11)15-2/h3-6H,1-2H3. The molecule has 0 amide bonds. The quantitative estimate of drug-likeness (QED) is 0.584. The third-order valence-electron chi connectivity index (χ3n) is 2.20. The van der Waals surface area contributed by atoms with Gasteiger partial charge in [-0.05, 0) is 17.5 Å². The second kappa shape index (κ2) is 4.29. The molecule has 0 aliphatic heterocycles. The van der Waals surface area contributed by atoms with Crippen molar-refractivity contribution in [2.75, 3.05) is 7.11 Å². The van der Waals surface area contributed by atoms with E-state index in [1.54, 1.807) is 12.1 Å². The molecule has 0 saturated heterocycles. The molecule has 0 unspecified atom stereocenters. The van der Waals surface area contributed by atoms with E-state index in [1.807, 2.05) is 0 Å². The Hall–Kier alpha value is -2.30. The van der Waals surface area contributed by atoms with Crippen LogP contribution in [0.1, 0.15) is 6.92 Å². The van der Waals surface area contributed by atoms with Crippen molar-refractivity contribution < 1.29 is 18.7 Å². The first kappa shape index (κ1) is 11.2. The minimum Gasteiger partial charge on any atom is -0.493 e. The van der Waals surface area contributed by atoms with E-state index in [1.165, 1.54) is 26.4 Å². The monoisotopic (exact) mass is 234 g/mol. The molecule has 0 atom stereocenters. The predicted molar refractivity (Wildman–Crippen MR) is 60.3 cm³/mol. The number of methoxy groups -OCH3 is 1. The molecule has 0 aliphatic rings. The third-order valence-corrected chi connectivity index (χ3v) is 2.20. The molecular weight excluding hydrogens is 224 g/mol. The fraction of sp³-hybridized carbons (Fsp3) is 0.167. The summed E-state index contributed by atoms with van der Waals surface area (Å²) < 4.78 is 14.8. The van der Waals surface area contributed by atoms with Crippen LogP contribution < -0.4 is 15.1 Å². The lowest BCUT2D eigenvalue weighted by molar-refractivity contribution is -0.131. The lowest BCUT2D eigenvalue weighted by atomic mass is 10.1. The third kappa shape index (κ3) is 2.28. The van der Waals surface area contributed by atoms with Crippen molar-refractivity contribution in [1.82, 2.24) is 0 Å². The maximum Gasteiger partial charge on any atom is 0.336 e. The lowest BCUT2D eigenvalue weighted by Gasteiger charge is -2.08. The second-order valence-corrected chi connectivity index (χ2v) is 3.42. The van der Waals surface area contributed by atoms with Crippen LogP contribution in [0.25, 0.3) is 10.8 Å². The van der Waals surface area contributed by atoms with Crippen LogP contribution in [0.2, 0.25) is 0 Å². The van der Waals surface area contributed by atoms with E-state index in [9.17, 15) is 9.59 Å². The Bertz CT molecular complexity index is 626. The zero-order valence-electron chi connectivity index (χ0n) is 9.35. The summed E-state index contributed by atoms with van der Waals surface area (Å²) in [7, 11) is 1.46. The summed E-state index contributed by atoms with van der Waals surface area (Å²) in [5.74, 6) is 0.236. The molecule has 0 spiro atoms. The Morgan fingerprint density at radius 1 is 1.18 bits per heavy atom. The van der Waals surface area contributed by atoms with Gasteiger partial charge >= 0.3 is 11.6 Å². The van der Waals surface area contributed by atoms with Gasteiger partial charge in [-0.1, -0.05) is 0 Å². The van der Waals surface area contributed by atoms with E-state index in [0.717, 1.165) is 0 Å². The molecule has 0 saturated carbocycles. The number of ether oxygens (including phenoxy) is 2. The molecule has 0 fully saturated rings. The summed E-state index contributed by atoms with van der Waals surface area (Å²) in [6.45, 7) is 1.30. The average Bonchev–Trinajstić information content (AvgIpc) is 2.28. The molecule has 0 aliphatic carbocycles. The highest BCUT2D eigenvalue weighted by molar-refractivity contribution is 5.85.